The number of benzene rings is 1. The van der Waals surface area contributed by atoms with Gasteiger partial charge in [0.05, 0.1) is 16.7 Å². The van der Waals surface area contributed by atoms with Crippen LogP contribution in [-0.2, 0) is 13.0 Å². The van der Waals surface area contributed by atoms with Crippen molar-refractivity contribution < 1.29 is 0 Å². The summed E-state index contributed by atoms with van der Waals surface area (Å²) in [5.41, 5.74) is 4.57. The number of imidazole rings is 1. The third kappa shape index (κ3) is 2.33. The Hall–Kier alpha value is -2.20. The number of fused-ring (bicyclic) bond motifs is 3. The van der Waals surface area contributed by atoms with Crippen LogP contribution in [-0.4, -0.2) is 38.6 Å². The molecule has 0 unspecified atom stereocenters. The molecule has 0 amide bonds. The van der Waals surface area contributed by atoms with Crippen molar-refractivity contribution >= 4 is 11.0 Å². The number of nitrogens with zero attached hydrogens (tertiary/aromatic N) is 4. The Balaban J connectivity index is 1.51. The molecular formula is C20H22N4. The van der Waals surface area contributed by atoms with Gasteiger partial charge in [-0.3, -0.25) is 9.88 Å². The third-order valence-corrected chi connectivity index (χ3v) is 5.61. The van der Waals surface area contributed by atoms with E-state index in [-0.39, 0.29) is 0 Å². The summed E-state index contributed by atoms with van der Waals surface area (Å²) in [6, 6.07) is 13.4. The first kappa shape index (κ1) is 14.2. The van der Waals surface area contributed by atoms with Gasteiger partial charge in [0.1, 0.15) is 5.82 Å². The zero-order valence-corrected chi connectivity index (χ0v) is 13.9. The summed E-state index contributed by atoms with van der Waals surface area (Å²) >= 11 is 0. The van der Waals surface area contributed by atoms with Crippen LogP contribution in [0.3, 0.4) is 0 Å². The Kier molecular flexibility index (Phi) is 3.37. The average Bonchev–Trinajstić information content (AvgIpc) is 2.80. The smallest absolute Gasteiger partial charge is 0.111 e. The molecule has 1 aromatic carbocycles. The highest BCUT2D eigenvalue weighted by Crippen LogP contribution is 2.28. The lowest BCUT2D eigenvalue weighted by atomic mass is 9.91. The number of aromatic nitrogens is 3. The summed E-state index contributed by atoms with van der Waals surface area (Å²) in [5.74, 6) is 1.24. The van der Waals surface area contributed by atoms with Crippen LogP contribution in [0.25, 0.3) is 22.3 Å². The van der Waals surface area contributed by atoms with Crippen LogP contribution in [0.1, 0.15) is 25.1 Å². The maximum absolute atomic E-state index is 4.90. The van der Waals surface area contributed by atoms with Gasteiger partial charge in [-0.05, 0) is 37.1 Å². The molecule has 4 heteroatoms. The molecule has 5 rings (SSSR count). The molecule has 2 aromatic heterocycles. The minimum atomic E-state index is 0.824. The fourth-order valence-electron chi connectivity index (χ4n) is 4.01. The molecular weight excluding hydrogens is 296 g/mol. The Morgan fingerprint density at radius 2 is 1.96 bits per heavy atom. The molecule has 0 saturated heterocycles. The highest BCUT2D eigenvalue weighted by Gasteiger charge is 2.27. The van der Waals surface area contributed by atoms with E-state index in [1.54, 1.807) is 0 Å². The first-order valence-electron chi connectivity index (χ1n) is 9.03. The van der Waals surface area contributed by atoms with Crippen LogP contribution in [0.4, 0.5) is 0 Å². The molecule has 1 aliphatic carbocycles. The Morgan fingerprint density at radius 3 is 2.75 bits per heavy atom. The van der Waals surface area contributed by atoms with Crippen molar-refractivity contribution in [1.29, 1.82) is 0 Å². The molecule has 3 aromatic rings. The van der Waals surface area contributed by atoms with Gasteiger partial charge in [-0.15, -0.1) is 0 Å². The summed E-state index contributed by atoms with van der Waals surface area (Å²) in [6.45, 7) is 3.35. The van der Waals surface area contributed by atoms with E-state index in [2.05, 4.69) is 38.7 Å². The molecule has 1 fully saturated rings. The summed E-state index contributed by atoms with van der Waals surface area (Å²) in [4.78, 5) is 12.1. The Labute approximate surface area is 142 Å². The zero-order chi connectivity index (χ0) is 15.9. The van der Waals surface area contributed by atoms with E-state index in [0.29, 0.717) is 0 Å². The van der Waals surface area contributed by atoms with Gasteiger partial charge in [-0.1, -0.05) is 18.6 Å². The second-order valence-electron chi connectivity index (χ2n) is 6.97. The summed E-state index contributed by atoms with van der Waals surface area (Å²) in [5, 5.41) is 0. The van der Waals surface area contributed by atoms with Gasteiger partial charge in [-0.2, -0.15) is 0 Å². The van der Waals surface area contributed by atoms with Crippen molar-refractivity contribution in [3.05, 3.63) is 48.4 Å². The quantitative estimate of drug-likeness (QED) is 0.725. The van der Waals surface area contributed by atoms with E-state index < -0.39 is 0 Å². The largest absolute Gasteiger partial charge is 0.327 e. The number of hydrogen-bond donors (Lipinski definition) is 0. The van der Waals surface area contributed by atoms with Gasteiger partial charge in [0.25, 0.3) is 0 Å². The van der Waals surface area contributed by atoms with Crippen molar-refractivity contribution in [1.82, 2.24) is 19.4 Å². The van der Waals surface area contributed by atoms with E-state index in [1.165, 1.54) is 36.2 Å². The van der Waals surface area contributed by atoms with Gasteiger partial charge < -0.3 is 4.57 Å². The van der Waals surface area contributed by atoms with Gasteiger partial charge in [0, 0.05) is 43.9 Å². The number of pyridine rings is 1. The second-order valence-corrected chi connectivity index (χ2v) is 6.97. The Morgan fingerprint density at radius 1 is 1.00 bits per heavy atom. The van der Waals surface area contributed by atoms with E-state index in [0.717, 1.165) is 43.3 Å². The van der Waals surface area contributed by atoms with E-state index in [9.17, 15) is 0 Å². The first-order chi connectivity index (χ1) is 11.9. The van der Waals surface area contributed by atoms with E-state index >= 15 is 0 Å². The lowest BCUT2D eigenvalue weighted by Gasteiger charge is -2.36. The monoisotopic (exact) mass is 318 g/mol. The van der Waals surface area contributed by atoms with Crippen molar-refractivity contribution in [2.75, 3.05) is 13.1 Å². The van der Waals surface area contributed by atoms with Gasteiger partial charge in [0.2, 0.25) is 0 Å². The van der Waals surface area contributed by atoms with E-state index in [1.807, 2.05) is 18.3 Å². The van der Waals surface area contributed by atoms with Gasteiger partial charge >= 0.3 is 0 Å². The predicted molar refractivity (Wildman–Crippen MR) is 95.9 cm³/mol. The molecule has 0 bridgehead atoms. The van der Waals surface area contributed by atoms with Gasteiger partial charge in [0.15, 0.2) is 0 Å². The summed E-state index contributed by atoms with van der Waals surface area (Å²) in [6.07, 6.45) is 7.08. The molecule has 4 nitrogen and oxygen atoms in total. The van der Waals surface area contributed by atoms with Crippen LogP contribution in [0.15, 0.2) is 42.6 Å². The van der Waals surface area contributed by atoms with Crippen molar-refractivity contribution in [2.45, 2.75) is 38.3 Å². The minimum Gasteiger partial charge on any atom is -0.327 e. The second kappa shape index (κ2) is 5.71. The van der Waals surface area contributed by atoms with Crippen LogP contribution < -0.4 is 0 Å². The van der Waals surface area contributed by atoms with Crippen molar-refractivity contribution in [3.63, 3.8) is 0 Å². The highest BCUT2D eigenvalue weighted by molar-refractivity contribution is 5.82. The summed E-state index contributed by atoms with van der Waals surface area (Å²) < 4.78 is 2.43. The number of rotatable bonds is 2. The van der Waals surface area contributed by atoms with Crippen LogP contribution in [0.2, 0.25) is 0 Å². The molecule has 0 N–H and O–H groups in total. The zero-order valence-electron chi connectivity index (χ0n) is 13.9. The molecule has 2 aliphatic rings. The maximum atomic E-state index is 4.90. The standard InChI is InChI=1S/C20H22N4/c1-2-10-21-17(6-1)15-7-8-18-19(14-15)24-13-12-23(16-4-3-5-16)11-9-20(24)22-18/h1-2,6-8,10,14,16H,3-5,9,11-13H2. The molecule has 0 atom stereocenters. The predicted octanol–water partition coefficient (Wildman–Crippen LogP) is 3.51. The molecule has 0 radical (unpaired) electrons. The van der Waals surface area contributed by atoms with Gasteiger partial charge in [-0.25, -0.2) is 4.98 Å². The van der Waals surface area contributed by atoms with Crippen LogP contribution in [0, 0.1) is 0 Å². The van der Waals surface area contributed by atoms with Crippen LogP contribution >= 0.6 is 0 Å². The molecule has 122 valence electrons. The SMILES string of the molecule is c1ccc(-c2ccc3nc4n(c3c2)CCN(C2CCC2)CC4)nc1. The lowest BCUT2D eigenvalue weighted by molar-refractivity contribution is 0.130. The fourth-order valence-corrected chi connectivity index (χ4v) is 4.01. The normalized spacial score (nSPS) is 19.0. The van der Waals surface area contributed by atoms with Crippen molar-refractivity contribution in [2.24, 2.45) is 0 Å². The highest BCUT2D eigenvalue weighted by atomic mass is 15.2. The number of hydrogen-bond acceptors (Lipinski definition) is 3. The molecule has 24 heavy (non-hydrogen) atoms. The van der Waals surface area contributed by atoms with Crippen LogP contribution in [0.5, 0.6) is 0 Å². The molecule has 1 saturated carbocycles. The molecule has 3 heterocycles. The fraction of sp³-hybridized carbons (Fsp3) is 0.400. The summed E-state index contributed by atoms with van der Waals surface area (Å²) in [7, 11) is 0. The van der Waals surface area contributed by atoms with Crippen molar-refractivity contribution in [3.8, 4) is 11.3 Å². The Bertz CT molecular complexity index is 864. The molecule has 1 aliphatic heterocycles. The van der Waals surface area contributed by atoms with E-state index in [4.69, 9.17) is 4.98 Å². The topological polar surface area (TPSA) is 34.0 Å². The average molecular weight is 318 g/mol. The lowest BCUT2D eigenvalue weighted by Crippen LogP contribution is -2.41. The maximum Gasteiger partial charge on any atom is 0.111 e. The first-order valence-corrected chi connectivity index (χ1v) is 9.03. The molecule has 0 spiro atoms. The third-order valence-electron chi connectivity index (χ3n) is 5.61. The minimum absolute atomic E-state index is 0.824.